The van der Waals surface area contributed by atoms with E-state index >= 15 is 0 Å². The van der Waals surface area contributed by atoms with Gasteiger partial charge in [0.15, 0.2) is 0 Å². The summed E-state index contributed by atoms with van der Waals surface area (Å²) in [6, 6.07) is 12.7. The third kappa shape index (κ3) is 8.68. The number of halogens is 2. The van der Waals surface area contributed by atoms with E-state index in [1.807, 2.05) is 28.2 Å². The molecule has 2 bridgehead atoms. The first-order valence-electron chi connectivity index (χ1n) is 16.8. The molecule has 2 amide bonds. The Morgan fingerprint density at radius 1 is 0.630 bits per heavy atom. The smallest absolute Gasteiger partial charge is 0.230 e. The predicted molar refractivity (Wildman–Crippen MR) is 195 cm³/mol. The van der Waals surface area contributed by atoms with Crippen molar-refractivity contribution in [3.05, 3.63) is 47.5 Å². The monoisotopic (exact) mass is 672 g/mol. The molecule has 0 aromatic heterocycles. The minimum atomic E-state index is -0.442. The van der Waals surface area contributed by atoms with Crippen LogP contribution in [0.15, 0.2) is 36.4 Å². The Labute approximate surface area is 286 Å². The third-order valence-corrected chi connectivity index (χ3v) is 10.2. The molecule has 0 atom stereocenters. The Morgan fingerprint density at radius 2 is 0.978 bits per heavy atom. The number of anilines is 4. The Balaban J connectivity index is 1.48. The minimum Gasteiger partial charge on any atom is -0.371 e. The fourth-order valence-electron chi connectivity index (χ4n) is 7.31. The second-order valence-corrected chi connectivity index (χ2v) is 14.5. The summed E-state index contributed by atoms with van der Waals surface area (Å²) in [4.78, 5) is 36.7. The number of alkyl halides is 2. The molecular weight excluding hydrogens is 619 g/mol. The van der Waals surface area contributed by atoms with Crippen LogP contribution in [0.2, 0.25) is 0 Å². The average Bonchev–Trinajstić information content (AvgIpc) is 3.02. The van der Waals surface area contributed by atoms with Crippen molar-refractivity contribution in [2.75, 3.05) is 86.6 Å². The number of amides is 2. The van der Waals surface area contributed by atoms with Crippen LogP contribution in [0, 0.1) is 10.8 Å². The van der Waals surface area contributed by atoms with Crippen molar-refractivity contribution < 1.29 is 9.59 Å². The van der Waals surface area contributed by atoms with Crippen molar-refractivity contribution in [3.8, 4) is 0 Å². The average molecular weight is 674 g/mol. The molecule has 0 aliphatic heterocycles. The first-order chi connectivity index (χ1) is 22.0. The number of carbonyl (C=O) groups is 2. The summed E-state index contributed by atoms with van der Waals surface area (Å²) >= 11 is 12.2. The van der Waals surface area contributed by atoms with E-state index in [9.17, 15) is 9.59 Å². The molecule has 2 N–H and O–H groups in total. The van der Waals surface area contributed by atoms with Gasteiger partial charge in [0.05, 0.1) is 0 Å². The molecule has 3 aliphatic rings. The molecule has 0 unspecified atom stereocenters. The normalized spacial score (nSPS) is 20.7. The van der Waals surface area contributed by atoms with Crippen molar-refractivity contribution >= 4 is 57.8 Å². The maximum absolute atomic E-state index is 14.0. The van der Waals surface area contributed by atoms with E-state index in [1.54, 1.807) is 0 Å². The molecule has 46 heavy (non-hydrogen) atoms. The summed E-state index contributed by atoms with van der Waals surface area (Å²) in [7, 11) is 8.20. The molecular formula is C36H54Cl2N6O2. The highest BCUT2D eigenvalue weighted by Crippen LogP contribution is 2.57. The molecule has 3 saturated carbocycles. The summed E-state index contributed by atoms with van der Waals surface area (Å²) in [5, 5.41) is 6.61. The molecule has 3 aliphatic carbocycles. The van der Waals surface area contributed by atoms with E-state index in [0.717, 1.165) is 112 Å². The molecule has 0 radical (unpaired) electrons. The quantitative estimate of drug-likeness (QED) is 0.190. The number of carbonyl (C=O) groups excluding carboxylic acids is 2. The lowest BCUT2D eigenvalue weighted by Crippen LogP contribution is -2.52. The number of hydrogen-bond donors (Lipinski definition) is 2. The van der Waals surface area contributed by atoms with Crippen LogP contribution in [-0.2, 0) is 22.7 Å². The van der Waals surface area contributed by atoms with Gasteiger partial charge in [0.2, 0.25) is 11.8 Å². The highest BCUT2D eigenvalue weighted by molar-refractivity contribution is 6.18. The number of fused-ring (bicyclic) bond motifs is 3. The third-order valence-electron chi connectivity index (χ3n) is 9.88. The summed E-state index contributed by atoms with van der Waals surface area (Å²) < 4.78 is 0. The molecule has 8 nitrogen and oxygen atoms in total. The molecule has 3 fully saturated rings. The van der Waals surface area contributed by atoms with Crippen LogP contribution in [0.3, 0.4) is 0 Å². The van der Waals surface area contributed by atoms with Gasteiger partial charge in [-0.15, -0.1) is 23.2 Å². The number of benzene rings is 2. The summed E-state index contributed by atoms with van der Waals surface area (Å²) in [5.74, 6) is 1.24. The second-order valence-electron chi connectivity index (χ2n) is 13.8. The Bertz CT molecular complexity index is 1220. The van der Waals surface area contributed by atoms with Gasteiger partial charge in [0.25, 0.3) is 0 Å². The number of rotatable bonds is 16. The largest absolute Gasteiger partial charge is 0.371 e. The number of hydrogen-bond acceptors (Lipinski definition) is 6. The van der Waals surface area contributed by atoms with Gasteiger partial charge in [0.1, 0.15) is 0 Å². The van der Waals surface area contributed by atoms with Crippen molar-refractivity contribution in [2.45, 2.75) is 65.5 Å². The first kappa shape index (κ1) is 36.3. The van der Waals surface area contributed by atoms with E-state index in [1.165, 1.54) is 0 Å². The van der Waals surface area contributed by atoms with Gasteiger partial charge in [-0.2, -0.15) is 0 Å². The van der Waals surface area contributed by atoms with Crippen molar-refractivity contribution in [3.63, 3.8) is 0 Å². The highest BCUT2D eigenvalue weighted by atomic mass is 35.5. The van der Waals surface area contributed by atoms with Crippen LogP contribution in [-0.4, -0.2) is 87.7 Å². The zero-order valence-electron chi connectivity index (χ0n) is 28.7. The molecule has 0 spiro atoms. The van der Waals surface area contributed by atoms with Crippen LogP contribution in [0.5, 0.6) is 0 Å². The number of nitrogens with one attached hydrogen (secondary N) is 2. The summed E-state index contributed by atoms with van der Waals surface area (Å²) in [6.45, 7) is 8.97. The molecule has 0 heterocycles. The number of nitrogens with zero attached hydrogens (tertiary/aromatic N) is 4. The van der Waals surface area contributed by atoms with Crippen LogP contribution in [0.4, 0.5) is 22.7 Å². The van der Waals surface area contributed by atoms with Gasteiger partial charge >= 0.3 is 0 Å². The van der Waals surface area contributed by atoms with Gasteiger partial charge < -0.3 is 30.2 Å². The highest BCUT2D eigenvalue weighted by Gasteiger charge is 2.55. The lowest BCUT2D eigenvalue weighted by Gasteiger charge is -2.51. The maximum atomic E-state index is 14.0. The van der Waals surface area contributed by atoms with Gasteiger partial charge in [-0.25, -0.2) is 0 Å². The van der Waals surface area contributed by atoms with Crippen LogP contribution in [0.25, 0.3) is 0 Å². The lowest BCUT2D eigenvalue weighted by atomic mass is 9.53. The SMILES string of the molecule is CCN(CCCl)c1cc(CN(C)C)cc(NC(=O)C23CCC(C(=O)Nc4cc(CN(C)C)cc(N(CC)CCCl)c4)(CC2)CC3)c1. The van der Waals surface area contributed by atoms with Crippen molar-refractivity contribution in [1.82, 2.24) is 9.80 Å². The topological polar surface area (TPSA) is 71.2 Å². The van der Waals surface area contributed by atoms with Crippen LogP contribution >= 0.6 is 23.2 Å². The van der Waals surface area contributed by atoms with E-state index < -0.39 is 10.8 Å². The second kappa shape index (κ2) is 16.1. The lowest BCUT2D eigenvalue weighted by molar-refractivity contribution is -0.144. The van der Waals surface area contributed by atoms with E-state index in [4.69, 9.17) is 23.2 Å². The molecule has 5 rings (SSSR count). The van der Waals surface area contributed by atoms with Crippen LogP contribution < -0.4 is 20.4 Å². The molecule has 10 heteroatoms. The molecule has 254 valence electrons. The van der Waals surface area contributed by atoms with E-state index in [2.05, 4.69) is 80.5 Å². The summed E-state index contributed by atoms with van der Waals surface area (Å²) in [6.07, 6.45) is 4.30. The Hall–Kier alpha value is -2.52. The maximum Gasteiger partial charge on any atom is 0.230 e. The standard InChI is InChI=1S/C36H54Cl2N6O2/c1-7-43(17-15-37)31-21-27(25-41(3)4)19-29(23-31)39-33(45)35-9-12-36(13-10-35,14-11-35)34(46)40-30-20-28(26-42(5)6)22-32(24-30)44(8-2)18-16-38/h19-24H,7-18,25-26H2,1-6H3,(H,39,45)(H,40,46). The van der Waals surface area contributed by atoms with Crippen molar-refractivity contribution in [2.24, 2.45) is 10.8 Å². The minimum absolute atomic E-state index is 0.0783. The summed E-state index contributed by atoms with van der Waals surface area (Å²) in [5.41, 5.74) is 5.20. The molecule has 2 aromatic carbocycles. The zero-order valence-corrected chi connectivity index (χ0v) is 30.2. The molecule has 0 saturated heterocycles. The van der Waals surface area contributed by atoms with E-state index in [0.29, 0.717) is 11.8 Å². The van der Waals surface area contributed by atoms with Gasteiger partial charge in [-0.05, 0) is 128 Å². The van der Waals surface area contributed by atoms with E-state index in [-0.39, 0.29) is 11.8 Å². The Kier molecular flexibility index (Phi) is 12.7. The Morgan fingerprint density at radius 3 is 1.26 bits per heavy atom. The first-order valence-corrected chi connectivity index (χ1v) is 17.9. The van der Waals surface area contributed by atoms with Gasteiger partial charge in [0, 0.05) is 84.6 Å². The van der Waals surface area contributed by atoms with Gasteiger partial charge in [-0.1, -0.05) is 0 Å². The molecule has 2 aromatic rings. The predicted octanol–water partition coefficient (Wildman–Crippen LogP) is 6.86. The van der Waals surface area contributed by atoms with Gasteiger partial charge in [-0.3, -0.25) is 9.59 Å². The van der Waals surface area contributed by atoms with Crippen LogP contribution in [0.1, 0.15) is 63.5 Å². The zero-order chi connectivity index (χ0) is 33.5. The van der Waals surface area contributed by atoms with Crippen molar-refractivity contribution in [1.29, 1.82) is 0 Å². The fourth-order valence-corrected chi connectivity index (χ4v) is 7.72. The fraction of sp³-hybridized carbons (Fsp3) is 0.611.